The fourth-order valence-corrected chi connectivity index (χ4v) is 3.64. The summed E-state index contributed by atoms with van der Waals surface area (Å²) in [6, 6.07) is 5.85. The van der Waals surface area contributed by atoms with Gasteiger partial charge < -0.3 is 20.1 Å². The number of unbranched alkanes of at least 4 members (excludes halogenated alkanes) is 3. The van der Waals surface area contributed by atoms with E-state index in [1.54, 1.807) is 6.08 Å². The number of carbonyl (C=O) groups excluding carboxylic acids is 2. The van der Waals surface area contributed by atoms with Crippen molar-refractivity contribution in [1.29, 1.82) is 0 Å². The van der Waals surface area contributed by atoms with Gasteiger partial charge in [-0.05, 0) is 49.0 Å². The summed E-state index contributed by atoms with van der Waals surface area (Å²) in [6.45, 7) is 0.892. The van der Waals surface area contributed by atoms with Gasteiger partial charge in [-0.2, -0.15) is 0 Å². The summed E-state index contributed by atoms with van der Waals surface area (Å²) < 4.78 is 5.36. The maximum atomic E-state index is 11.8. The van der Waals surface area contributed by atoms with Gasteiger partial charge in [0.05, 0.1) is 5.69 Å². The maximum Gasteiger partial charge on any atom is 0.407 e. The number of hydrogen-bond acceptors (Lipinski definition) is 4. The zero-order valence-corrected chi connectivity index (χ0v) is 17.1. The third-order valence-corrected chi connectivity index (χ3v) is 5.34. The number of Topliss-reactive ketones (excluding diaryl/α,β-unsaturated/α-hetero) is 1. The number of ketones is 1. The number of benzene rings is 1. The molecule has 0 aromatic heterocycles. The van der Waals surface area contributed by atoms with Crippen LogP contribution in [-0.2, 0) is 16.0 Å². The Hall–Kier alpha value is -3.09. The van der Waals surface area contributed by atoms with Crippen molar-refractivity contribution in [3.8, 4) is 5.75 Å². The number of amides is 2. The average molecular weight is 412 g/mol. The molecule has 1 heterocycles. The fourth-order valence-electron chi connectivity index (χ4n) is 3.64. The van der Waals surface area contributed by atoms with Crippen molar-refractivity contribution >= 4 is 23.5 Å². The molecule has 0 fully saturated rings. The average Bonchev–Trinajstić information content (AvgIpc) is 2.73. The van der Waals surface area contributed by atoms with Crippen LogP contribution in [0, 0.1) is 0 Å². The van der Waals surface area contributed by atoms with E-state index in [9.17, 15) is 19.5 Å². The molecule has 0 saturated carbocycles. The number of allylic oxidation sites excluding steroid dienone is 3. The number of nitrogens with zero attached hydrogens (tertiary/aromatic N) is 1. The van der Waals surface area contributed by atoms with E-state index in [4.69, 9.17) is 4.74 Å². The minimum atomic E-state index is -0.937. The topological polar surface area (TPSA) is 95.9 Å². The molecule has 30 heavy (non-hydrogen) atoms. The summed E-state index contributed by atoms with van der Waals surface area (Å²) in [7, 11) is 0. The van der Waals surface area contributed by atoms with Gasteiger partial charge in [-0.3, -0.25) is 9.59 Å². The molecule has 2 amide bonds. The molecule has 1 aromatic rings. The molecular weight excluding hydrogens is 384 g/mol. The summed E-state index contributed by atoms with van der Waals surface area (Å²) in [4.78, 5) is 36.1. The summed E-state index contributed by atoms with van der Waals surface area (Å²) in [6.07, 6.45) is 10.0. The van der Waals surface area contributed by atoms with Crippen molar-refractivity contribution in [2.75, 3.05) is 25.0 Å². The van der Waals surface area contributed by atoms with Gasteiger partial charge >= 0.3 is 6.09 Å². The van der Waals surface area contributed by atoms with Crippen LogP contribution >= 0.6 is 0 Å². The molecule has 160 valence electrons. The van der Waals surface area contributed by atoms with Crippen LogP contribution in [0.1, 0.15) is 44.1 Å². The molecule has 1 aliphatic heterocycles. The molecule has 1 aliphatic carbocycles. The number of anilines is 1. The van der Waals surface area contributed by atoms with E-state index in [0.29, 0.717) is 37.3 Å². The fraction of sp³-hybridized carbons (Fsp3) is 0.435. The molecule has 0 bridgehead atoms. The first-order valence-electron chi connectivity index (χ1n) is 10.5. The third kappa shape index (κ3) is 6.20. The van der Waals surface area contributed by atoms with Crippen molar-refractivity contribution < 1.29 is 24.2 Å². The Morgan fingerprint density at radius 1 is 1.10 bits per heavy atom. The van der Waals surface area contributed by atoms with Gasteiger partial charge in [0.15, 0.2) is 12.4 Å². The highest BCUT2D eigenvalue weighted by Crippen LogP contribution is 2.29. The Morgan fingerprint density at radius 3 is 2.73 bits per heavy atom. The molecule has 0 atom stereocenters. The normalized spacial score (nSPS) is 15.1. The lowest BCUT2D eigenvalue weighted by molar-refractivity contribution is -0.118. The number of carboxylic acid groups (broad SMARTS) is 1. The molecule has 1 aromatic carbocycles. The van der Waals surface area contributed by atoms with Gasteiger partial charge in [-0.1, -0.05) is 37.1 Å². The first kappa shape index (κ1) is 21.6. The molecule has 0 spiro atoms. The van der Waals surface area contributed by atoms with Crippen LogP contribution in [0.4, 0.5) is 10.5 Å². The highest BCUT2D eigenvalue weighted by atomic mass is 16.5. The summed E-state index contributed by atoms with van der Waals surface area (Å²) in [5.41, 5.74) is 2.57. The second kappa shape index (κ2) is 10.6. The van der Waals surface area contributed by atoms with E-state index in [2.05, 4.69) is 5.32 Å². The lowest BCUT2D eigenvalue weighted by Crippen LogP contribution is -2.32. The monoisotopic (exact) mass is 412 g/mol. The smallest absolute Gasteiger partial charge is 0.407 e. The zero-order valence-electron chi connectivity index (χ0n) is 17.1. The van der Waals surface area contributed by atoms with Gasteiger partial charge in [0.25, 0.3) is 5.91 Å². The number of hydrogen-bond donors (Lipinski definition) is 2. The first-order chi connectivity index (χ1) is 14.5. The number of rotatable bonds is 10. The van der Waals surface area contributed by atoms with Crippen molar-refractivity contribution in [2.24, 2.45) is 0 Å². The van der Waals surface area contributed by atoms with E-state index in [0.717, 1.165) is 43.4 Å². The van der Waals surface area contributed by atoms with Crippen LogP contribution in [0.2, 0.25) is 0 Å². The molecular formula is C23H28N2O5. The molecule has 2 aliphatic rings. The number of carbonyl (C=O) groups is 3. The lowest BCUT2D eigenvalue weighted by Gasteiger charge is -2.20. The second-order valence-electron chi connectivity index (χ2n) is 7.60. The standard InChI is InChI=1S/C23H28N2O5/c26-20-9-5-4-8-18(20)12-14-25(23(28)29)13-6-2-1-3-7-17-10-11-21-19(15-17)24-22(27)16-30-21/h4-5,8,10-11,15H,1-3,6-7,9,12-14,16H2,(H,24,27)(H,28,29). The minimum Gasteiger partial charge on any atom is -0.482 e. The second-order valence-corrected chi connectivity index (χ2v) is 7.60. The van der Waals surface area contributed by atoms with Crippen molar-refractivity contribution in [2.45, 2.75) is 44.9 Å². The Balaban J connectivity index is 1.34. The molecule has 7 nitrogen and oxygen atoms in total. The van der Waals surface area contributed by atoms with Gasteiger partial charge in [0, 0.05) is 19.5 Å². The van der Waals surface area contributed by atoms with Crippen LogP contribution in [0.5, 0.6) is 5.75 Å². The molecule has 3 rings (SSSR count). The summed E-state index contributed by atoms with van der Waals surface area (Å²) >= 11 is 0. The number of aryl methyl sites for hydroxylation is 1. The molecule has 0 radical (unpaired) electrons. The summed E-state index contributed by atoms with van der Waals surface area (Å²) in [5, 5.41) is 12.2. The molecule has 2 N–H and O–H groups in total. The van der Waals surface area contributed by atoms with Gasteiger partial charge in [-0.15, -0.1) is 0 Å². The molecule has 7 heteroatoms. The SMILES string of the molecule is O=C1COc2ccc(CCCCCCN(CCC3=CC=CCC3=O)C(=O)O)cc2N1. The lowest BCUT2D eigenvalue weighted by atomic mass is 10.0. The van der Waals surface area contributed by atoms with Crippen LogP contribution < -0.4 is 10.1 Å². The Bertz CT molecular complexity index is 859. The minimum absolute atomic E-state index is 0.0602. The Morgan fingerprint density at radius 2 is 1.93 bits per heavy atom. The number of ether oxygens (including phenoxy) is 1. The van der Waals surface area contributed by atoms with Gasteiger partial charge in [0.2, 0.25) is 0 Å². The van der Waals surface area contributed by atoms with E-state index in [1.807, 2.05) is 30.4 Å². The number of fused-ring (bicyclic) bond motifs is 1. The van der Waals surface area contributed by atoms with Gasteiger partial charge in [0.1, 0.15) is 5.75 Å². The maximum absolute atomic E-state index is 11.8. The first-order valence-corrected chi connectivity index (χ1v) is 10.5. The predicted octanol–water partition coefficient (Wildman–Crippen LogP) is 3.95. The van der Waals surface area contributed by atoms with E-state index < -0.39 is 6.09 Å². The van der Waals surface area contributed by atoms with E-state index in [1.165, 1.54) is 4.90 Å². The summed E-state index contributed by atoms with van der Waals surface area (Å²) in [5.74, 6) is 0.646. The molecule has 0 saturated heterocycles. The quantitative estimate of drug-likeness (QED) is 0.568. The van der Waals surface area contributed by atoms with Crippen LogP contribution in [0.15, 0.2) is 42.0 Å². The number of nitrogens with one attached hydrogen (secondary N) is 1. The van der Waals surface area contributed by atoms with Crippen LogP contribution in [-0.4, -0.2) is 47.5 Å². The third-order valence-electron chi connectivity index (χ3n) is 5.34. The zero-order chi connectivity index (χ0) is 21.3. The predicted molar refractivity (Wildman–Crippen MR) is 114 cm³/mol. The highest BCUT2D eigenvalue weighted by Gasteiger charge is 2.17. The highest BCUT2D eigenvalue weighted by molar-refractivity contribution is 5.97. The van der Waals surface area contributed by atoms with Crippen LogP contribution in [0.25, 0.3) is 0 Å². The van der Waals surface area contributed by atoms with Crippen LogP contribution in [0.3, 0.4) is 0 Å². The van der Waals surface area contributed by atoms with Gasteiger partial charge in [-0.25, -0.2) is 4.79 Å². The van der Waals surface area contributed by atoms with Crippen molar-refractivity contribution in [3.05, 3.63) is 47.6 Å². The largest absolute Gasteiger partial charge is 0.482 e. The van der Waals surface area contributed by atoms with Crippen molar-refractivity contribution in [1.82, 2.24) is 4.90 Å². The molecule has 0 unspecified atom stereocenters. The Kier molecular flexibility index (Phi) is 7.65. The van der Waals surface area contributed by atoms with E-state index in [-0.39, 0.29) is 18.3 Å². The van der Waals surface area contributed by atoms with Crippen molar-refractivity contribution in [3.63, 3.8) is 0 Å². The Labute approximate surface area is 176 Å². The van der Waals surface area contributed by atoms with E-state index >= 15 is 0 Å².